The second-order valence-electron chi connectivity index (χ2n) is 19.7. The van der Waals surface area contributed by atoms with Gasteiger partial charge in [-0.2, -0.15) is 0 Å². The Labute approximate surface area is 319 Å². The highest BCUT2D eigenvalue weighted by atomic mass is 16.4. The minimum atomic E-state index is -0.762. The molecule has 4 unspecified atom stereocenters. The number of aliphatic hydroxyl groups is 1. The Balaban J connectivity index is 1.14. The number of hydrogen-bond donors (Lipinski definition) is 4. The Bertz CT molecular complexity index is 1550. The largest absolute Gasteiger partial charge is 0.481 e. The number of aliphatic hydroxyl groups excluding tert-OH is 1. The topological polar surface area (TPSA) is 116 Å². The molecule has 1 aromatic rings. The first-order chi connectivity index (χ1) is 25.0. The number of fused-ring (bicyclic) bond motifs is 7. The van der Waals surface area contributed by atoms with Crippen molar-refractivity contribution in [2.75, 3.05) is 13.1 Å². The van der Waals surface area contributed by atoms with Crippen molar-refractivity contribution in [1.82, 2.24) is 10.6 Å². The molecule has 1 aromatic carbocycles. The van der Waals surface area contributed by atoms with Crippen molar-refractivity contribution in [2.24, 2.45) is 56.7 Å². The van der Waals surface area contributed by atoms with E-state index in [2.05, 4.69) is 58.8 Å². The molecule has 10 atom stereocenters. The third-order valence-electron chi connectivity index (χ3n) is 17.0. The quantitative estimate of drug-likeness (QED) is 0.119. The van der Waals surface area contributed by atoms with Crippen LogP contribution in [0.5, 0.6) is 0 Å². The number of hydrogen-bond acceptors (Lipinski definition) is 4. The standard InChI is InChI=1S/C46H70N2O5/c1-30(2)32-19-25-46(41(53)48-29-22-31-14-11-12-15-33(31)40(52)47-28-13-9-8-10-16-38(50)51)27-26-44(6)34(39(32)46)17-18-36-43(5)23-21-37(49)42(3,4)35(43)20-24-45(36,44)7/h11-12,14-15,32,34-37,39,49H,1,8-10,13,16-29H2,2-7H3,(H,47,52)(H,48,53)(H,50,51)/t32-,34?,35?,36?,37-,39?,43-,44+,45+,46-/m0/s1. The molecule has 7 nitrogen and oxygen atoms in total. The highest BCUT2D eigenvalue weighted by Gasteiger charge is 2.71. The summed E-state index contributed by atoms with van der Waals surface area (Å²) in [5.41, 5.74) is 2.99. The van der Waals surface area contributed by atoms with Gasteiger partial charge < -0.3 is 20.8 Å². The predicted molar refractivity (Wildman–Crippen MR) is 211 cm³/mol. The average Bonchev–Trinajstić information content (AvgIpc) is 3.51. The molecule has 5 fully saturated rings. The van der Waals surface area contributed by atoms with Crippen LogP contribution in [0.2, 0.25) is 0 Å². The lowest BCUT2D eigenvalue weighted by Gasteiger charge is -2.72. The number of carbonyl (C=O) groups is 3. The van der Waals surface area contributed by atoms with Gasteiger partial charge in [0.1, 0.15) is 0 Å². The Morgan fingerprint density at radius 3 is 2.26 bits per heavy atom. The van der Waals surface area contributed by atoms with E-state index in [0.29, 0.717) is 61.1 Å². The molecular formula is C46H70N2O5. The second-order valence-corrected chi connectivity index (χ2v) is 19.7. The molecule has 294 valence electrons. The SMILES string of the molecule is C=C(C)[C@@H]1CC[C@]2(C(=O)NCCc3ccccc3C(=O)NCCCCCCC(=O)O)CC[C@]3(C)C(CCC4[C@@]5(C)CC[C@H](O)C(C)(C)C5CC[C@]43C)C12. The maximum atomic E-state index is 14.7. The number of allylic oxidation sites excluding steroid dienone is 1. The molecule has 0 heterocycles. The second kappa shape index (κ2) is 15.1. The summed E-state index contributed by atoms with van der Waals surface area (Å²) in [5, 5.41) is 26.4. The third kappa shape index (κ3) is 6.82. The van der Waals surface area contributed by atoms with Crippen LogP contribution >= 0.6 is 0 Å². The molecule has 7 heteroatoms. The number of unbranched alkanes of at least 4 members (excludes halogenated alkanes) is 3. The van der Waals surface area contributed by atoms with Gasteiger partial charge >= 0.3 is 5.97 Å². The summed E-state index contributed by atoms with van der Waals surface area (Å²) in [5.74, 6) is 1.67. The van der Waals surface area contributed by atoms with E-state index in [1.807, 2.05) is 24.3 Å². The van der Waals surface area contributed by atoms with Gasteiger partial charge in [-0.05, 0) is 153 Å². The fourth-order valence-corrected chi connectivity index (χ4v) is 14.0. The Kier molecular flexibility index (Phi) is 11.4. The maximum absolute atomic E-state index is 14.7. The zero-order valence-corrected chi connectivity index (χ0v) is 33.8. The van der Waals surface area contributed by atoms with Gasteiger partial charge in [0.15, 0.2) is 0 Å². The van der Waals surface area contributed by atoms with E-state index in [1.165, 1.54) is 31.3 Å². The number of benzene rings is 1. The van der Waals surface area contributed by atoms with E-state index in [-0.39, 0.29) is 51.4 Å². The van der Waals surface area contributed by atoms with Gasteiger partial charge in [-0.15, -0.1) is 0 Å². The molecule has 6 rings (SSSR count). The van der Waals surface area contributed by atoms with Crippen LogP contribution in [0.4, 0.5) is 0 Å². The Morgan fingerprint density at radius 2 is 1.53 bits per heavy atom. The molecular weight excluding hydrogens is 661 g/mol. The smallest absolute Gasteiger partial charge is 0.303 e. The van der Waals surface area contributed by atoms with Crippen LogP contribution in [0.25, 0.3) is 0 Å². The lowest BCUT2D eigenvalue weighted by molar-refractivity contribution is -0.246. The molecule has 53 heavy (non-hydrogen) atoms. The molecule has 0 saturated heterocycles. The fraction of sp³-hybridized carbons (Fsp3) is 0.761. The summed E-state index contributed by atoms with van der Waals surface area (Å²) in [6.45, 7) is 20.3. The van der Waals surface area contributed by atoms with Gasteiger partial charge in [0.05, 0.1) is 11.5 Å². The summed E-state index contributed by atoms with van der Waals surface area (Å²) in [6.07, 6.45) is 14.6. The van der Waals surface area contributed by atoms with Crippen molar-refractivity contribution >= 4 is 17.8 Å². The van der Waals surface area contributed by atoms with Crippen molar-refractivity contribution in [2.45, 2.75) is 150 Å². The number of carboxylic acid groups (broad SMARTS) is 1. The van der Waals surface area contributed by atoms with Crippen LogP contribution in [0.15, 0.2) is 36.4 Å². The molecule has 5 saturated carbocycles. The molecule has 0 spiro atoms. The van der Waals surface area contributed by atoms with Gasteiger partial charge in [0.25, 0.3) is 5.91 Å². The number of nitrogens with one attached hydrogen (secondary N) is 2. The summed E-state index contributed by atoms with van der Waals surface area (Å²) < 4.78 is 0. The number of aliphatic carboxylic acids is 1. The van der Waals surface area contributed by atoms with Crippen molar-refractivity contribution in [1.29, 1.82) is 0 Å². The van der Waals surface area contributed by atoms with E-state index in [4.69, 9.17) is 5.11 Å². The summed E-state index contributed by atoms with van der Waals surface area (Å²) >= 11 is 0. The van der Waals surface area contributed by atoms with Crippen molar-refractivity contribution in [3.8, 4) is 0 Å². The third-order valence-corrected chi connectivity index (χ3v) is 17.0. The lowest BCUT2D eigenvalue weighted by atomic mass is 9.32. The molecule has 5 aliphatic carbocycles. The molecule has 0 bridgehead atoms. The molecule has 4 N–H and O–H groups in total. The number of carbonyl (C=O) groups excluding carboxylic acids is 2. The Morgan fingerprint density at radius 1 is 0.792 bits per heavy atom. The van der Waals surface area contributed by atoms with Gasteiger partial charge in [-0.1, -0.05) is 77.8 Å². The van der Waals surface area contributed by atoms with Crippen LogP contribution < -0.4 is 10.6 Å². The Hall–Kier alpha value is -2.67. The highest BCUT2D eigenvalue weighted by molar-refractivity contribution is 5.95. The molecule has 0 aromatic heterocycles. The monoisotopic (exact) mass is 731 g/mol. The van der Waals surface area contributed by atoms with Crippen LogP contribution in [0, 0.1) is 56.7 Å². The molecule has 0 radical (unpaired) electrons. The van der Waals surface area contributed by atoms with Crippen LogP contribution in [0.1, 0.15) is 154 Å². The molecule has 0 aliphatic heterocycles. The molecule has 5 aliphatic rings. The predicted octanol–water partition coefficient (Wildman–Crippen LogP) is 9.13. The lowest BCUT2D eigenvalue weighted by Crippen LogP contribution is -2.67. The number of amides is 2. The maximum Gasteiger partial charge on any atom is 0.303 e. The zero-order chi connectivity index (χ0) is 38.4. The zero-order valence-electron chi connectivity index (χ0n) is 33.8. The summed E-state index contributed by atoms with van der Waals surface area (Å²) in [4.78, 5) is 38.6. The van der Waals surface area contributed by atoms with E-state index in [1.54, 1.807) is 0 Å². The first-order valence-electron chi connectivity index (χ1n) is 21.2. The first-order valence-corrected chi connectivity index (χ1v) is 21.2. The van der Waals surface area contributed by atoms with Crippen LogP contribution in [0.3, 0.4) is 0 Å². The van der Waals surface area contributed by atoms with Gasteiger partial charge in [0.2, 0.25) is 5.91 Å². The van der Waals surface area contributed by atoms with Crippen LogP contribution in [-0.2, 0) is 16.0 Å². The van der Waals surface area contributed by atoms with Crippen molar-refractivity contribution < 1.29 is 24.6 Å². The van der Waals surface area contributed by atoms with Gasteiger partial charge in [-0.3, -0.25) is 14.4 Å². The van der Waals surface area contributed by atoms with E-state index in [0.717, 1.165) is 63.4 Å². The summed E-state index contributed by atoms with van der Waals surface area (Å²) in [7, 11) is 0. The normalized spacial score (nSPS) is 38.4. The summed E-state index contributed by atoms with van der Waals surface area (Å²) in [6, 6.07) is 7.71. The van der Waals surface area contributed by atoms with Gasteiger partial charge in [0, 0.05) is 25.1 Å². The molecule has 2 amide bonds. The van der Waals surface area contributed by atoms with Gasteiger partial charge in [-0.25, -0.2) is 0 Å². The van der Waals surface area contributed by atoms with Crippen molar-refractivity contribution in [3.63, 3.8) is 0 Å². The van der Waals surface area contributed by atoms with Crippen molar-refractivity contribution in [3.05, 3.63) is 47.5 Å². The van der Waals surface area contributed by atoms with E-state index in [9.17, 15) is 19.5 Å². The number of carboxylic acids is 1. The average molecular weight is 731 g/mol. The number of rotatable bonds is 13. The first kappa shape index (κ1) is 40.0. The minimum Gasteiger partial charge on any atom is -0.481 e. The van der Waals surface area contributed by atoms with E-state index < -0.39 is 5.97 Å². The highest BCUT2D eigenvalue weighted by Crippen LogP contribution is 2.77. The fourth-order valence-electron chi connectivity index (χ4n) is 14.0. The van der Waals surface area contributed by atoms with Crippen LogP contribution in [-0.4, -0.2) is 47.2 Å². The minimum absolute atomic E-state index is 0.0573. The van der Waals surface area contributed by atoms with E-state index >= 15 is 0 Å².